The van der Waals surface area contributed by atoms with E-state index in [1.807, 2.05) is 4.90 Å². The summed E-state index contributed by atoms with van der Waals surface area (Å²) in [5.41, 5.74) is 6.42. The zero-order valence-electron chi connectivity index (χ0n) is 23.8. The molecule has 0 saturated carbocycles. The molecule has 2 aliphatic heterocycles. The lowest BCUT2D eigenvalue weighted by molar-refractivity contribution is -0.198. The van der Waals surface area contributed by atoms with Gasteiger partial charge < -0.3 is 30.7 Å². The molecule has 3 aromatic rings. The van der Waals surface area contributed by atoms with Crippen molar-refractivity contribution in [2.24, 2.45) is 5.41 Å². The first-order valence-corrected chi connectivity index (χ1v) is 14.3. The molecular formula is C28H34ClF3N8O3. The van der Waals surface area contributed by atoms with Crippen LogP contribution >= 0.6 is 11.6 Å². The van der Waals surface area contributed by atoms with Crippen LogP contribution in [0, 0.1) is 12.3 Å². The maximum absolute atomic E-state index is 14.5. The summed E-state index contributed by atoms with van der Waals surface area (Å²) in [7, 11) is 1.79. The van der Waals surface area contributed by atoms with E-state index in [1.54, 1.807) is 26.2 Å². The quantitative estimate of drug-likeness (QED) is 0.240. The minimum absolute atomic E-state index is 0.0850. The molecule has 11 nitrogen and oxygen atoms in total. The van der Waals surface area contributed by atoms with Crippen LogP contribution in [0.3, 0.4) is 0 Å². The van der Waals surface area contributed by atoms with Gasteiger partial charge in [0.15, 0.2) is 0 Å². The van der Waals surface area contributed by atoms with Crippen LogP contribution in [0.2, 0.25) is 5.02 Å². The Bertz CT molecular complexity index is 1440. The minimum Gasteiger partial charge on any atom is -0.463 e. The Morgan fingerprint density at radius 2 is 2.02 bits per heavy atom. The molecule has 43 heavy (non-hydrogen) atoms. The molecule has 0 radical (unpaired) electrons. The van der Waals surface area contributed by atoms with E-state index in [-0.39, 0.29) is 45.5 Å². The zero-order valence-corrected chi connectivity index (χ0v) is 24.6. The van der Waals surface area contributed by atoms with Gasteiger partial charge in [0.05, 0.1) is 11.4 Å². The number of carbonyl (C=O) groups excluding carboxylic acids is 1. The Morgan fingerprint density at radius 1 is 1.26 bits per heavy atom. The summed E-state index contributed by atoms with van der Waals surface area (Å²) in [5.74, 6) is -0.411. The molecule has 232 valence electrons. The van der Waals surface area contributed by atoms with Crippen molar-refractivity contribution in [2.45, 2.75) is 44.5 Å². The second kappa shape index (κ2) is 12.5. The van der Waals surface area contributed by atoms with E-state index in [0.29, 0.717) is 50.7 Å². The fourth-order valence-corrected chi connectivity index (χ4v) is 5.76. The van der Waals surface area contributed by atoms with Gasteiger partial charge in [-0.3, -0.25) is 4.79 Å². The number of nitrogens with two attached hydrogens (primary N) is 1. The zero-order chi connectivity index (χ0) is 30.8. The van der Waals surface area contributed by atoms with Gasteiger partial charge in [-0.1, -0.05) is 17.7 Å². The fourth-order valence-electron chi connectivity index (χ4n) is 5.60. The number of rotatable bonds is 9. The minimum atomic E-state index is -4.80. The van der Waals surface area contributed by atoms with Crippen molar-refractivity contribution >= 4 is 29.3 Å². The lowest BCUT2D eigenvalue weighted by Gasteiger charge is -2.39. The maximum Gasteiger partial charge on any atom is 0.429 e. The highest BCUT2D eigenvalue weighted by atomic mass is 35.5. The number of ether oxygens (including phenoxy) is 2. The van der Waals surface area contributed by atoms with Crippen LogP contribution in [0.5, 0.6) is 5.88 Å². The number of likely N-dealkylation sites (N-methyl/N-ethyl adjacent to an activating group) is 1. The first kappa shape index (κ1) is 30.8. The van der Waals surface area contributed by atoms with Crippen molar-refractivity contribution in [1.82, 2.24) is 30.4 Å². The molecule has 1 aromatic carbocycles. The molecule has 0 amide bonds. The van der Waals surface area contributed by atoms with Crippen molar-refractivity contribution in [1.29, 1.82) is 0 Å². The summed E-state index contributed by atoms with van der Waals surface area (Å²) in [4.78, 5) is 22.6. The molecule has 2 fully saturated rings. The lowest BCUT2D eigenvalue weighted by Crippen LogP contribution is -2.41. The SMILES string of the molecule is CNCCOC(=O)[C@@H]1CC2(CCN(c3cc(O[C@H](c4ccc(Cl)cc4-n4ccc(C)n4)C(F)(F)F)nc(N)n3)CC2)CN1. The number of esters is 1. The third kappa shape index (κ3) is 7.13. The van der Waals surface area contributed by atoms with Crippen LogP contribution in [-0.2, 0) is 9.53 Å². The van der Waals surface area contributed by atoms with Crippen molar-refractivity contribution in [3.8, 4) is 11.6 Å². The highest BCUT2D eigenvalue weighted by Crippen LogP contribution is 2.42. The molecule has 5 rings (SSSR count). The summed E-state index contributed by atoms with van der Waals surface area (Å²) < 4.78 is 55.6. The highest BCUT2D eigenvalue weighted by molar-refractivity contribution is 6.30. The summed E-state index contributed by atoms with van der Waals surface area (Å²) in [6.45, 7) is 4.45. The fraction of sp³-hybridized carbons (Fsp3) is 0.500. The smallest absolute Gasteiger partial charge is 0.429 e. The van der Waals surface area contributed by atoms with Crippen LogP contribution in [0.25, 0.3) is 5.69 Å². The molecule has 4 heterocycles. The lowest BCUT2D eigenvalue weighted by atomic mass is 9.76. The van der Waals surface area contributed by atoms with Gasteiger partial charge in [0.1, 0.15) is 18.5 Å². The van der Waals surface area contributed by atoms with Gasteiger partial charge in [-0.2, -0.15) is 28.2 Å². The molecule has 1 spiro atoms. The first-order chi connectivity index (χ1) is 20.5. The number of aryl methyl sites for hydroxylation is 1. The predicted molar refractivity (Wildman–Crippen MR) is 154 cm³/mol. The normalized spacial score (nSPS) is 19.0. The molecule has 0 aliphatic carbocycles. The second-order valence-electron chi connectivity index (χ2n) is 11.0. The third-order valence-corrected chi connectivity index (χ3v) is 8.11. The summed E-state index contributed by atoms with van der Waals surface area (Å²) in [6, 6.07) is 6.72. The van der Waals surface area contributed by atoms with Crippen LogP contribution in [-0.4, -0.2) is 77.8 Å². The largest absolute Gasteiger partial charge is 0.463 e. The topological polar surface area (TPSA) is 132 Å². The van der Waals surface area contributed by atoms with E-state index in [1.165, 1.54) is 28.9 Å². The summed E-state index contributed by atoms with van der Waals surface area (Å²) >= 11 is 6.14. The van der Waals surface area contributed by atoms with E-state index >= 15 is 0 Å². The molecule has 15 heteroatoms. The molecule has 2 saturated heterocycles. The number of halogens is 4. The number of nitrogens with one attached hydrogen (secondary N) is 2. The Kier molecular flexibility index (Phi) is 8.99. The van der Waals surface area contributed by atoms with Gasteiger partial charge in [0.25, 0.3) is 0 Å². The Labute approximate surface area is 251 Å². The Balaban J connectivity index is 1.32. The number of aromatic nitrogens is 4. The number of benzene rings is 1. The van der Waals surface area contributed by atoms with Gasteiger partial charge in [0, 0.05) is 49.0 Å². The van der Waals surface area contributed by atoms with Crippen LogP contribution in [0.4, 0.5) is 24.9 Å². The molecule has 2 aromatic heterocycles. The Hall–Kier alpha value is -3.62. The molecule has 0 bridgehead atoms. The van der Waals surface area contributed by atoms with E-state index in [0.717, 1.165) is 12.8 Å². The molecule has 2 aliphatic rings. The van der Waals surface area contributed by atoms with Crippen LogP contribution < -0.4 is 26.0 Å². The predicted octanol–water partition coefficient (Wildman–Crippen LogP) is 3.60. The third-order valence-electron chi connectivity index (χ3n) is 7.88. The van der Waals surface area contributed by atoms with E-state index < -0.39 is 12.3 Å². The Morgan fingerprint density at radius 3 is 2.70 bits per heavy atom. The van der Waals surface area contributed by atoms with Gasteiger partial charge in [-0.25, -0.2) is 4.68 Å². The summed E-state index contributed by atoms with van der Waals surface area (Å²) in [6.07, 6.45) is -3.47. The maximum atomic E-state index is 14.5. The first-order valence-electron chi connectivity index (χ1n) is 14.0. The number of alkyl halides is 3. The summed E-state index contributed by atoms with van der Waals surface area (Å²) in [5, 5.41) is 10.7. The second-order valence-corrected chi connectivity index (χ2v) is 11.4. The van der Waals surface area contributed by atoms with Gasteiger partial charge in [-0.05, 0) is 56.8 Å². The van der Waals surface area contributed by atoms with Crippen molar-refractivity contribution < 1.29 is 27.4 Å². The number of hydrogen-bond acceptors (Lipinski definition) is 10. The number of nitrogen functional groups attached to an aromatic ring is 1. The molecule has 2 atom stereocenters. The molecular weight excluding hydrogens is 589 g/mol. The van der Waals surface area contributed by atoms with Crippen LogP contribution in [0.1, 0.15) is 36.6 Å². The number of nitrogens with zero attached hydrogens (tertiary/aromatic N) is 5. The van der Waals surface area contributed by atoms with Crippen molar-refractivity contribution in [3.05, 3.63) is 52.8 Å². The van der Waals surface area contributed by atoms with Crippen molar-refractivity contribution in [2.75, 3.05) is 50.5 Å². The van der Waals surface area contributed by atoms with E-state index in [9.17, 15) is 18.0 Å². The van der Waals surface area contributed by atoms with Gasteiger partial charge in [0.2, 0.25) is 17.9 Å². The van der Waals surface area contributed by atoms with Gasteiger partial charge >= 0.3 is 12.1 Å². The monoisotopic (exact) mass is 622 g/mol. The molecule has 4 N–H and O–H groups in total. The average Bonchev–Trinajstić information content (AvgIpc) is 3.58. The van der Waals surface area contributed by atoms with E-state index in [4.69, 9.17) is 26.8 Å². The number of hydrogen-bond donors (Lipinski definition) is 3. The number of piperidine rings is 1. The average molecular weight is 623 g/mol. The van der Waals surface area contributed by atoms with Crippen LogP contribution in [0.15, 0.2) is 36.5 Å². The number of anilines is 2. The molecule has 0 unspecified atom stereocenters. The highest BCUT2D eigenvalue weighted by Gasteiger charge is 2.46. The van der Waals surface area contributed by atoms with Gasteiger partial charge in [-0.15, -0.1) is 0 Å². The number of carbonyl (C=O) groups is 1. The van der Waals surface area contributed by atoms with Crippen molar-refractivity contribution in [3.63, 3.8) is 0 Å². The van der Waals surface area contributed by atoms with E-state index in [2.05, 4.69) is 25.7 Å². The standard InChI is InChI=1S/C28H34ClF3N8O3/c1-17-5-9-40(38-17)21-13-18(29)3-4-19(21)24(28(30,31)32)43-23-14-22(36-26(33)37-23)39-10-6-27(7-11-39)15-20(35-16-27)25(41)42-12-8-34-2/h3-5,9,13-14,20,24,34-35H,6-8,10-12,15-16H2,1-2H3,(H2,33,36,37)/t20-,24+/m0/s1.